The van der Waals surface area contributed by atoms with Crippen LogP contribution < -0.4 is 5.32 Å². The minimum atomic E-state index is -3.67. The molecule has 0 bridgehead atoms. The molecular weight excluding hydrogens is 376 g/mol. The molecule has 0 spiro atoms. The van der Waals surface area contributed by atoms with Gasteiger partial charge in [0, 0.05) is 24.3 Å². The third kappa shape index (κ3) is 4.27. The Balaban J connectivity index is 1.90. The molecule has 1 amide bonds. The van der Waals surface area contributed by atoms with Gasteiger partial charge in [-0.05, 0) is 42.2 Å². The standard InChI is InChI=1S/C21H26N2O4S/c1-15(2)18-6-4-5-7-19(18)22-21(24)17-9-8-16(3)20(14-17)28(25,26)23-10-12-27-13-11-23/h4-9,14-15H,10-13H2,1-3H3,(H,22,24). The van der Waals surface area contributed by atoms with Gasteiger partial charge in [-0.1, -0.05) is 38.1 Å². The van der Waals surface area contributed by atoms with Crippen LogP contribution in [0.2, 0.25) is 0 Å². The molecule has 7 heteroatoms. The van der Waals surface area contributed by atoms with Crippen LogP contribution in [0.1, 0.15) is 41.3 Å². The highest BCUT2D eigenvalue weighted by atomic mass is 32.2. The van der Waals surface area contributed by atoms with Crippen LogP contribution in [0.4, 0.5) is 5.69 Å². The Bertz CT molecular complexity index is 964. The van der Waals surface area contributed by atoms with Gasteiger partial charge in [0.1, 0.15) is 0 Å². The van der Waals surface area contributed by atoms with E-state index in [-0.39, 0.29) is 16.7 Å². The van der Waals surface area contributed by atoms with Gasteiger partial charge in [0.2, 0.25) is 10.0 Å². The van der Waals surface area contributed by atoms with Gasteiger partial charge in [0.15, 0.2) is 0 Å². The van der Waals surface area contributed by atoms with Crippen molar-refractivity contribution in [1.82, 2.24) is 4.31 Å². The highest BCUT2D eigenvalue weighted by Gasteiger charge is 2.28. The summed E-state index contributed by atoms with van der Waals surface area (Å²) in [5.74, 6) is -0.0710. The smallest absolute Gasteiger partial charge is 0.255 e. The van der Waals surface area contributed by atoms with E-state index in [1.807, 2.05) is 24.3 Å². The van der Waals surface area contributed by atoms with Crippen molar-refractivity contribution in [3.63, 3.8) is 0 Å². The zero-order valence-electron chi connectivity index (χ0n) is 16.4. The summed E-state index contributed by atoms with van der Waals surface area (Å²) < 4.78 is 32.7. The fraction of sp³-hybridized carbons (Fsp3) is 0.381. The lowest BCUT2D eigenvalue weighted by atomic mass is 10.0. The third-order valence-corrected chi connectivity index (χ3v) is 6.91. The number of hydrogen-bond donors (Lipinski definition) is 1. The summed E-state index contributed by atoms with van der Waals surface area (Å²) in [5, 5.41) is 2.92. The van der Waals surface area contributed by atoms with Crippen molar-refractivity contribution in [2.45, 2.75) is 31.6 Å². The van der Waals surface area contributed by atoms with E-state index in [0.29, 0.717) is 37.4 Å². The van der Waals surface area contributed by atoms with E-state index in [1.165, 1.54) is 10.4 Å². The molecule has 150 valence electrons. The Morgan fingerprint density at radius 1 is 1.11 bits per heavy atom. The molecule has 0 aliphatic carbocycles. The number of carbonyl (C=O) groups excluding carboxylic acids is 1. The van der Waals surface area contributed by atoms with Gasteiger partial charge in [-0.25, -0.2) is 8.42 Å². The van der Waals surface area contributed by atoms with Crippen molar-refractivity contribution in [2.75, 3.05) is 31.6 Å². The van der Waals surface area contributed by atoms with Crippen molar-refractivity contribution < 1.29 is 17.9 Å². The van der Waals surface area contributed by atoms with Crippen LogP contribution in [0.5, 0.6) is 0 Å². The Morgan fingerprint density at radius 2 is 1.79 bits per heavy atom. The summed E-state index contributed by atoms with van der Waals surface area (Å²) in [6, 6.07) is 12.4. The molecule has 1 heterocycles. The first-order valence-electron chi connectivity index (χ1n) is 9.39. The van der Waals surface area contributed by atoms with Crippen molar-refractivity contribution >= 4 is 21.6 Å². The normalized spacial score (nSPS) is 15.6. The summed E-state index contributed by atoms with van der Waals surface area (Å²) in [7, 11) is -3.67. The van der Waals surface area contributed by atoms with E-state index in [4.69, 9.17) is 4.74 Å². The van der Waals surface area contributed by atoms with Crippen molar-refractivity contribution in [3.05, 3.63) is 59.2 Å². The van der Waals surface area contributed by atoms with Gasteiger partial charge in [0.05, 0.1) is 18.1 Å². The molecule has 0 unspecified atom stereocenters. The Morgan fingerprint density at radius 3 is 2.46 bits per heavy atom. The number of para-hydroxylation sites is 1. The molecule has 1 N–H and O–H groups in total. The van der Waals surface area contributed by atoms with E-state index >= 15 is 0 Å². The van der Waals surface area contributed by atoms with Crippen LogP contribution in [0.3, 0.4) is 0 Å². The fourth-order valence-electron chi connectivity index (χ4n) is 3.25. The van der Waals surface area contributed by atoms with Crippen LogP contribution >= 0.6 is 0 Å². The second kappa shape index (κ2) is 8.43. The number of carbonyl (C=O) groups is 1. The summed E-state index contributed by atoms with van der Waals surface area (Å²) in [6.07, 6.45) is 0. The first kappa shape index (κ1) is 20.5. The first-order valence-corrected chi connectivity index (χ1v) is 10.8. The molecular formula is C21H26N2O4S. The lowest BCUT2D eigenvalue weighted by Gasteiger charge is -2.26. The number of amides is 1. The maximum atomic E-state index is 13.0. The lowest BCUT2D eigenvalue weighted by molar-refractivity contribution is 0.0730. The predicted octanol–water partition coefficient (Wildman–Crippen LogP) is 3.39. The van der Waals surface area contributed by atoms with Gasteiger partial charge in [0.25, 0.3) is 5.91 Å². The van der Waals surface area contributed by atoms with Gasteiger partial charge in [-0.3, -0.25) is 4.79 Å². The van der Waals surface area contributed by atoms with E-state index < -0.39 is 10.0 Å². The molecule has 1 saturated heterocycles. The number of morpholine rings is 1. The molecule has 0 aromatic heterocycles. The molecule has 0 saturated carbocycles. The van der Waals surface area contributed by atoms with Gasteiger partial charge in [-0.15, -0.1) is 0 Å². The minimum absolute atomic E-state index is 0.166. The fourth-order valence-corrected chi connectivity index (χ4v) is 4.91. The highest BCUT2D eigenvalue weighted by molar-refractivity contribution is 7.89. The predicted molar refractivity (Wildman–Crippen MR) is 109 cm³/mol. The number of nitrogens with one attached hydrogen (secondary N) is 1. The van der Waals surface area contributed by atoms with Crippen molar-refractivity contribution in [1.29, 1.82) is 0 Å². The zero-order chi connectivity index (χ0) is 20.3. The minimum Gasteiger partial charge on any atom is -0.379 e. The quantitative estimate of drug-likeness (QED) is 0.832. The van der Waals surface area contributed by atoms with Crippen LogP contribution in [0.25, 0.3) is 0 Å². The number of benzene rings is 2. The van der Waals surface area contributed by atoms with E-state index in [1.54, 1.807) is 19.1 Å². The molecule has 2 aromatic carbocycles. The van der Waals surface area contributed by atoms with Gasteiger partial charge >= 0.3 is 0 Å². The second-order valence-electron chi connectivity index (χ2n) is 7.19. The number of ether oxygens (including phenoxy) is 1. The molecule has 1 fully saturated rings. The number of aryl methyl sites for hydroxylation is 1. The van der Waals surface area contributed by atoms with Crippen LogP contribution in [-0.4, -0.2) is 44.9 Å². The summed E-state index contributed by atoms with van der Waals surface area (Å²) in [4.78, 5) is 13.0. The molecule has 1 aliphatic heterocycles. The summed E-state index contributed by atoms with van der Waals surface area (Å²) in [6.45, 7) is 7.26. The average molecular weight is 403 g/mol. The lowest BCUT2D eigenvalue weighted by Crippen LogP contribution is -2.40. The van der Waals surface area contributed by atoms with E-state index in [2.05, 4.69) is 19.2 Å². The first-order chi connectivity index (χ1) is 13.3. The Kier molecular flexibility index (Phi) is 6.17. The number of nitrogens with zero attached hydrogens (tertiary/aromatic N) is 1. The largest absolute Gasteiger partial charge is 0.379 e. The molecule has 6 nitrogen and oxygen atoms in total. The molecule has 0 radical (unpaired) electrons. The SMILES string of the molecule is Cc1ccc(C(=O)Nc2ccccc2C(C)C)cc1S(=O)(=O)N1CCOCC1. The average Bonchev–Trinajstić information content (AvgIpc) is 2.69. The monoisotopic (exact) mass is 402 g/mol. The highest BCUT2D eigenvalue weighted by Crippen LogP contribution is 2.26. The Labute approximate surface area is 166 Å². The Hall–Kier alpha value is -2.22. The van der Waals surface area contributed by atoms with E-state index in [9.17, 15) is 13.2 Å². The number of sulfonamides is 1. The summed E-state index contributed by atoms with van der Waals surface area (Å²) >= 11 is 0. The maximum Gasteiger partial charge on any atom is 0.255 e. The van der Waals surface area contributed by atoms with Crippen molar-refractivity contribution in [3.8, 4) is 0 Å². The molecule has 28 heavy (non-hydrogen) atoms. The van der Waals surface area contributed by atoms with Crippen LogP contribution in [0, 0.1) is 6.92 Å². The maximum absolute atomic E-state index is 13.0. The molecule has 1 aliphatic rings. The number of hydrogen-bond acceptors (Lipinski definition) is 4. The second-order valence-corrected chi connectivity index (χ2v) is 9.10. The number of rotatable bonds is 5. The van der Waals surface area contributed by atoms with Crippen LogP contribution in [0.15, 0.2) is 47.4 Å². The van der Waals surface area contributed by atoms with E-state index in [0.717, 1.165) is 11.3 Å². The topological polar surface area (TPSA) is 75.7 Å². The van der Waals surface area contributed by atoms with Gasteiger partial charge in [-0.2, -0.15) is 4.31 Å². The molecule has 2 aromatic rings. The van der Waals surface area contributed by atoms with Crippen LogP contribution in [-0.2, 0) is 14.8 Å². The van der Waals surface area contributed by atoms with Gasteiger partial charge < -0.3 is 10.1 Å². The molecule has 0 atom stereocenters. The number of anilines is 1. The summed E-state index contributed by atoms with van der Waals surface area (Å²) in [5.41, 5.74) is 2.70. The van der Waals surface area contributed by atoms with Crippen molar-refractivity contribution in [2.24, 2.45) is 0 Å². The zero-order valence-corrected chi connectivity index (χ0v) is 17.3. The third-order valence-electron chi connectivity index (χ3n) is 4.87. The molecule has 3 rings (SSSR count).